The maximum atomic E-state index is 12.9. The van der Waals surface area contributed by atoms with Crippen molar-refractivity contribution in [2.75, 3.05) is 45.8 Å². The van der Waals surface area contributed by atoms with Crippen molar-refractivity contribution in [1.29, 1.82) is 0 Å². The minimum atomic E-state index is -0.607. The van der Waals surface area contributed by atoms with Crippen LogP contribution in [-0.2, 0) is 22.6 Å². The molecule has 0 spiro atoms. The number of hydrogen-bond acceptors (Lipinski definition) is 8. The summed E-state index contributed by atoms with van der Waals surface area (Å²) in [6, 6.07) is 13.1. The van der Waals surface area contributed by atoms with Gasteiger partial charge in [-0.2, -0.15) is 0 Å². The van der Waals surface area contributed by atoms with E-state index in [0.717, 1.165) is 57.7 Å². The molecule has 1 aromatic carbocycles. The number of carbonyl (C=O) groups excluding carboxylic acids is 2. The standard InChI is InChI=1S/C34H53N5O6/c1-33(2,3)44-31(41)35-25-28(36-32(42)45-34(4,5)6)15-10-17-37-21-23-38(24-22-37)18-12-20-39-19-11-16-29(30(39)40)43-26-27-13-8-7-9-14-27/h7-9,11,13-14,16,19,28H,10,12,15,17-18,20-26H2,1-6H3,(H,35,41)(H,36,42). The number of benzene rings is 1. The lowest BCUT2D eigenvalue weighted by Crippen LogP contribution is -2.48. The number of aromatic nitrogens is 1. The highest BCUT2D eigenvalue weighted by molar-refractivity contribution is 5.69. The zero-order valence-corrected chi connectivity index (χ0v) is 28.0. The minimum absolute atomic E-state index is 0.0981. The number of aryl methyl sites for hydroxylation is 1. The van der Waals surface area contributed by atoms with E-state index in [1.165, 1.54) is 0 Å². The van der Waals surface area contributed by atoms with Gasteiger partial charge in [0.25, 0.3) is 5.56 Å². The molecule has 1 aromatic heterocycles. The van der Waals surface area contributed by atoms with Gasteiger partial charge < -0.3 is 39.2 Å². The number of rotatable bonds is 14. The summed E-state index contributed by atoms with van der Waals surface area (Å²) < 4.78 is 18.3. The van der Waals surface area contributed by atoms with Crippen molar-refractivity contribution >= 4 is 12.2 Å². The van der Waals surface area contributed by atoms with Gasteiger partial charge in [-0.15, -0.1) is 0 Å². The van der Waals surface area contributed by atoms with Crippen LogP contribution in [0.25, 0.3) is 0 Å². The largest absolute Gasteiger partial charge is 0.483 e. The Kier molecular flexibility index (Phi) is 13.7. The van der Waals surface area contributed by atoms with Gasteiger partial charge in [0.05, 0.1) is 0 Å². The smallest absolute Gasteiger partial charge is 0.407 e. The molecule has 2 amide bonds. The first-order valence-electron chi connectivity index (χ1n) is 16.0. The van der Waals surface area contributed by atoms with Gasteiger partial charge in [-0.3, -0.25) is 4.79 Å². The van der Waals surface area contributed by atoms with Crippen LogP contribution in [0.2, 0.25) is 0 Å². The maximum Gasteiger partial charge on any atom is 0.407 e. The number of hydrogen-bond donors (Lipinski definition) is 2. The Balaban J connectivity index is 1.37. The third-order valence-electron chi connectivity index (χ3n) is 7.20. The quantitative estimate of drug-likeness (QED) is 0.312. The van der Waals surface area contributed by atoms with E-state index in [4.69, 9.17) is 14.2 Å². The van der Waals surface area contributed by atoms with Crippen molar-refractivity contribution in [3.63, 3.8) is 0 Å². The molecule has 1 fully saturated rings. The normalized spacial score (nSPS) is 15.2. The molecule has 2 N–H and O–H groups in total. The molecule has 3 rings (SSSR count). The van der Waals surface area contributed by atoms with Crippen LogP contribution >= 0.6 is 0 Å². The van der Waals surface area contributed by atoms with Crippen LogP contribution in [0.3, 0.4) is 0 Å². The average molecular weight is 628 g/mol. The third-order valence-corrected chi connectivity index (χ3v) is 7.20. The lowest BCUT2D eigenvalue weighted by atomic mass is 10.1. The molecule has 0 radical (unpaired) electrons. The van der Waals surface area contributed by atoms with Gasteiger partial charge in [-0.1, -0.05) is 30.3 Å². The number of pyridine rings is 1. The minimum Gasteiger partial charge on any atom is -0.483 e. The molecule has 0 aliphatic carbocycles. The molecule has 250 valence electrons. The van der Waals surface area contributed by atoms with Crippen molar-refractivity contribution < 1.29 is 23.8 Å². The Morgan fingerprint density at radius 3 is 2.02 bits per heavy atom. The highest BCUT2D eigenvalue weighted by Crippen LogP contribution is 2.11. The lowest BCUT2D eigenvalue weighted by Gasteiger charge is -2.35. The Bertz CT molecular complexity index is 1250. The summed E-state index contributed by atoms with van der Waals surface area (Å²) >= 11 is 0. The number of nitrogens with zero attached hydrogens (tertiary/aromatic N) is 3. The average Bonchev–Trinajstić information content (AvgIpc) is 2.95. The molecule has 11 heteroatoms. The molecule has 1 unspecified atom stereocenters. The van der Waals surface area contributed by atoms with Gasteiger partial charge in [0.2, 0.25) is 0 Å². The summed E-state index contributed by atoms with van der Waals surface area (Å²) in [5, 5.41) is 5.68. The second-order valence-electron chi connectivity index (χ2n) is 13.6. The van der Waals surface area contributed by atoms with E-state index in [9.17, 15) is 14.4 Å². The van der Waals surface area contributed by atoms with Crippen molar-refractivity contribution in [1.82, 2.24) is 25.0 Å². The first-order chi connectivity index (χ1) is 21.3. The van der Waals surface area contributed by atoms with Crippen LogP contribution in [-0.4, -0.2) is 89.6 Å². The molecule has 45 heavy (non-hydrogen) atoms. The summed E-state index contributed by atoms with van der Waals surface area (Å²) in [4.78, 5) is 42.3. The Hall–Kier alpha value is -3.57. The molecule has 2 heterocycles. The van der Waals surface area contributed by atoms with Crippen LogP contribution < -0.4 is 20.9 Å². The first-order valence-corrected chi connectivity index (χ1v) is 16.0. The Labute approximate surface area is 268 Å². The number of ether oxygens (including phenoxy) is 3. The topological polar surface area (TPSA) is 114 Å². The predicted molar refractivity (Wildman–Crippen MR) is 176 cm³/mol. The molecule has 2 aromatic rings. The van der Waals surface area contributed by atoms with Gasteiger partial charge in [0.1, 0.15) is 17.8 Å². The molecular formula is C34H53N5O6. The van der Waals surface area contributed by atoms with Crippen molar-refractivity contribution in [3.05, 3.63) is 64.6 Å². The molecule has 0 bridgehead atoms. The Morgan fingerprint density at radius 1 is 0.800 bits per heavy atom. The molecule has 1 saturated heterocycles. The molecule has 1 atom stereocenters. The second-order valence-corrected chi connectivity index (χ2v) is 13.6. The van der Waals surface area contributed by atoms with Crippen molar-refractivity contribution in [2.45, 2.75) is 91.2 Å². The number of alkyl carbamates (subject to hydrolysis) is 2. The fourth-order valence-electron chi connectivity index (χ4n) is 5.02. The van der Waals surface area contributed by atoms with Gasteiger partial charge >= 0.3 is 12.2 Å². The number of amides is 2. The van der Waals surface area contributed by atoms with E-state index >= 15 is 0 Å². The summed E-state index contributed by atoms with van der Waals surface area (Å²) in [5.41, 5.74) is -0.275. The molecule has 1 aliphatic heterocycles. The second kappa shape index (κ2) is 17.2. The first kappa shape index (κ1) is 35.9. The molecule has 1 aliphatic rings. The Morgan fingerprint density at radius 2 is 1.40 bits per heavy atom. The van der Waals surface area contributed by atoms with E-state index < -0.39 is 23.4 Å². The highest BCUT2D eigenvalue weighted by atomic mass is 16.6. The SMILES string of the molecule is CC(C)(C)OC(=O)NCC(CCCN1CCN(CCCn2cccc(OCc3ccccc3)c2=O)CC1)NC(=O)OC(C)(C)C. The summed E-state index contributed by atoms with van der Waals surface area (Å²) in [6.07, 6.45) is 3.25. The number of piperazine rings is 1. The van der Waals surface area contributed by atoms with Gasteiger partial charge in [0, 0.05) is 51.5 Å². The van der Waals surface area contributed by atoms with Crippen LogP contribution in [0.4, 0.5) is 9.59 Å². The fraction of sp³-hybridized carbons (Fsp3) is 0.618. The highest BCUT2D eigenvalue weighted by Gasteiger charge is 2.23. The van der Waals surface area contributed by atoms with Crippen LogP contribution in [0.5, 0.6) is 5.75 Å². The lowest BCUT2D eigenvalue weighted by molar-refractivity contribution is 0.0458. The van der Waals surface area contributed by atoms with E-state index in [2.05, 4.69) is 20.4 Å². The van der Waals surface area contributed by atoms with Gasteiger partial charge in [-0.25, -0.2) is 9.59 Å². The summed E-state index contributed by atoms with van der Waals surface area (Å²) in [6.45, 7) is 17.8. The monoisotopic (exact) mass is 627 g/mol. The number of carbonyl (C=O) groups is 2. The fourth-order valence-corrected chi connectivity index (χ4v) is 5.02. The zero-order valence-electron chi connectivity index (χ0n) is 28.0. The molecule has 0 saturated carbocycles. The maximum absolute atomic E-state index is 12.9. The van der Waals surface area contributed by atoms with Crippen LogP contribution in [0, 0.1) is 0 Å². The van der Waals surface area contributed by atoms with E-state index in [0.29, 0.717) is 25.3 Å². The van der Waals surface area contributed by atoms with Crippen molar-refractivity contribution in [3.8, 4) is 5.75 Å². The van der Waals surface area contributed by atoms with Crippen molar-refractivity contribution in [2.24, 2.45) is 0 Å². The van der Waals surface area contributed by atoms with Crippen LogP contribution in [0.1, 0.15) is 66.4 Å². The van der Waals surface area contributed by atoms with Gasteiger partial charge in [-0.05, 0) is 91.6 Å². The van der Waals surface area contributed by atoms with E-state index in [-0.39, 0.29) is 18.1 Å². The predicted octanol–water partition coefficient (Wildman–Crippen LogP) is 4.63. The summed E-state index contributed by atoms with van der Waals surface area (Å²) in [7, 11) is 0. The third kappa shape index (κ3) is 14.4. The molecular weight excluding hydrogens is 574 g/mol. The molecule has 11 nitrogen and oxygen atoms in total. The van der Waals surface area contributed by atoms with E-state index in [1.807, 2.05) is 84.1 Å². The van der Waals surface area contributed by atoms with E-state index in [1.54, 1.807) is 10.6 Å². The summed E-state index contributed by atoms with van der Waals surface area (Å²) in [5.74, 6) is 0.374. The van der Waals surface area contributed by atoms with Crippen LogP contribution in [0.15, 0.2) is 53.5 Å². The zero-order chi connectivity index (χ0) is 32.9. The number of nitrogens with one attached hydrogen (secondary N) is 2. The van der Waals surface area contributed by atoms with Gasteiger partial charge in [0.15, 0.2) is 5.75 Å².